The number of alkyl halides is 2. The Morgan fingerprint density at radius 3 is 1.61 bits per heavy atom. The highest BCUT2D eigenvalue weighted by Gasteiger charge is 2.21. The van der Waals surface area contributed by atoms with Gasteiger partial charge in [-0.15, -0.1) is 0 Å². The molecule has 3 aromatic rings. The summed E-state index contributed by atoms with van der Waals surface area (Å²) in [7, 11) is 0. The molecule has 31 heavy (non-hydrogen) atoms. The normalized spacial score (nSPS) is 13.2. The standard InChI is InChI=1S/C20H14F6N2O3/c21-12-3-1-10(5-14(12)23)16(25)8-27-18(29)7-19(30)28(20(27)31)9-17(26)11-2-4-13(22)15(24)6-11/h1-7,16-17,29H,8-9H2/t16-,17-/m0/s1. The maximum atomic E-state index is 14.5. The van der Waals surface area contributed by atoms with Gasteiger partial charge in [-0.2, -0.15) is 0 Å². The zero-order valence-electron chi connectivity index (χ0n) is 15.5. The molecule has 0 spiro atoms. The number of hydrogen-bond acceptors (Lipinski definition) is 3. The molecule has 164 valence electrons. The summed E-state index contributed by atoms with van der Waals surface area (Å²) in [6.45, 7) is -1.82. The largest absolute Gasteiger partial charge is 0.494 e. The quantitative estimate of drug-likeness (QED) is 0.590. The molecular weight excluding hydrogens is 430 g/mol. The first kappa shape index (κ1) is 22.2. The summed E-state index contributed by atoms with van der Waals surface area (Å²) in [5.41, 5.74) is -3.10. The predicted molar refractivity (Wildman–Crippen MR) is 97.0 cm³/mol. The molecule has 0 aliphatic rings. The van der Waals surface area contributed by atoms with Crippen molar-refractivity contribution in [2.45, 2.75) is 25.4 Å². The van der Waals surface area contributed by atoms with Crippen LogP contribution in [0.15, 0.2) is 52.1 Å². The Labute approximate surface area is 170 Å². The van der Waals surface area contributed by atoms with Crippen molar-refractivity contribution >= 4 is 0 Å². The molecule has 1 aromatic heterocycles. The monoisotopic (exact) mass is 444 g/mol. The van der Waals surface area contributed by atoms with Gasteiger partial charge in [0.1, 0.15) is 12.3 Å². The Morgan fingerprint density at radius 2 is 1.16 bits per heavy atom. The molecule has 0 aliphatic carbocycles. The second kappa shape index (κ2) is 8.70. The molecule has 0 unspecified atom stereocenters. The lowest BCUT2D eigenvalue weighted by Gasteiger charge is -2.16. The maximum absolute atomic E-state index is 14.5. The smallest absolute Gasteiger partial charge is 0.333 e. The fourth-order valence-corrected chi connectivity index (χ4v) is 2.89. The van der Waals surface area contributed by atoms with Crippen molar-refractivity contribution in [3.05, 3.63) is 97.7 Å². The molecule has 3 rings (SSSR count). The van der Waals surface area contributed by atoms with E-state index < -0.39 is 65.8 Å². The van der Waals surface area contributed by atoms with E-state index in [1.54, 1.807) is 0 Å². The van der Waals surface area contributed by atoms with Crippen molar-refractivity contribution in [1.29, 1.82) is 0 Å². The molecule has 2 atom stereocenters. The van der Waals surface area contributed by atoms with Gasteiger partial charge in [-0.25, -0.2) is 31.1 Å². The van der Waals surface area contributed by atoms with E-state index in [1.165, 1.54) is 0 Å². The van der Waals surface area contributed by atoms with Gasteiger partial charge in [0.05, 0.1) is 19.2 Å². The molecule has 0 saturated heterocycles. The average molecular weight is 444 g/mol. The van der Waals surface area contributed by atoms with E-state index in [0.29, 0.717) is 39.5 Å². The number of nitrogens with zero attached hydrogens (tertiary/aromatic N) is 2. The van der Waals surface area contributed by atoms with Crippen LogP contribution in [0.25, 0.3) is 0 Å². The van der Waals surface area contributed by atoms with E-state index in [4.69, 9.17) is 0 Å². The summed E-state index contributed by atoms with van der Waals surface area (Å²) in [5.74, 6) is -6.02. The van der Waals surface area contributed by atoms with Crippen molar-refractivity contribution in [2.75, 3.05) is 0 Å². The Hall–Kier alpha value is -3.50. The van der Waals surface area contributed by atoms with Crippen LogP contribution < -0.4 is 11.2 Å². The van der Waals surface area contributed by atoms with Crippen molar-refractivity contribution in [2.24, 2.45) is 0 Å². The third-order valence-electron chi connectivity index (χ3n) is 4.55. The summed E-state index contributed by atoms with van der Waals surface area (Å²) >= 11 is 0. The van der Waals surface area contributed by atoms with Crippen LogP contribution in [-0.4, -0.2) is 14.2 Å². The van der Waals surface area contributed by atoms with Gasteiger partial charge in [-0.3, -0.25) is 13.9 Å². The predicted octanol–water partition coefficient (Wildman–Crippen LogP) is 3.69. The van der Waals surface area contributed by atoms with Crippen LogP contribution in [0.5, 0.6) is 5.88 Å². The number of benzene rings is 2. The van der Waals surface area contributed by atoms with E-state index in [0.717, 1.165) is 12.1 Å². The number of hydrogen-bond donors (Lipinski definition) is 1. The second-order valence-corrected chi connectivity index (χ2v) is 6.63. The number of halogens is 6. The zero-order valence-corrected chi connectivity index (χ0v) is 15.5. The van der Waals surface area contributed by atoms with Gasteiger partial charge in [0.15, 0.2) is 23.3 Å². The van der Waals surface area contributed by atoms with E-state index >= 15 is 0 Å². The van der Waals surface area contributed by atoms with Gasteiger partial charge < -0.3 is 5.11 Å². The summed E-state index contributed by atoms with van der Waals surface area (Å²) in [5, 5.41) is 9.87. The Balaban J connectivity index is 1.92. The summed E-state index contributed by atoms with van der Waals surface area (Å²) in [6, 6.07) is 4.87. The van der Waals surface area contributed by atoms with Crippen LogP contribution in [0, 0.1) is 23.3 Å². The third-order valence-corrected chi connectivity index (χ3v) is 4.55. The third kappa shape index (κ3) is 4.65. The van der Waals surface area contributed by atoms with Crippen LogP contribution in [0.2, 0.25) is 0 Å². The van der Waals surface area contributed by atoms with Crippen molar-refractivity contribution in [1.82, 2.24) is 9.13 Å². The highest BCUT2D eigenvalue weighted by molar-refractivity contribution is 5.22. The van der Waals surface area contributed by atoms with E-state index in [-0.39, 0.29) is 11.1 Å². The Kier molecular flexibility index (Phi) is 6.23. The van der Waals surface area contributed by atoms with Crippen molar-refractivity contribution in [3.8, 4) is 5.88 Å². The van der Waals surface area contributed by atoms with Crippen molar-refractivity contribution in [3.63, 3.8) is 0 Å². The minimum Gasteiger partial charge on any atom is -0.494 e. The maximum Gasteiger partial charge on any atom is 0.333 e. The van der Waals surface area contributed by atoms with E-state index in [2.05, 4.69) is 0 Å². The van der Waals surface area contributed by atoms with Gasteiger partial charge >= 0.3 is 5.69 Å². The van der Waals surface area contributed by atoms with Gasteiger partial charge in [-0.1, -0.05) is 12.1 Å². The van der Waals surface area contributed by atoms with Crippen LogP contribution in [-0.2, 0) is 13.1 Å². The number of aromatic hydroxyl groups is 1. The summed E-state index contributed by atoms with van der Waals surface area (Å²) in [6.07, 6.45) is -4.19. The van der Waals surface area contributed by atoms with Crippen LogP contribution >= 0.6 is 0 Å². The highest BCUT2D eigenvalue weighted by atomic mass is 19.2. The second-order valence-electron chi connectivity index (χ2n) is 6.63. The molecular formula is C20H14F6N2O3. The summed E-state index contributed by atoms with van der Waals surface area (Å²) in [4.78, 5) is 24.6. The lowest BCUT2D eigenvalue weighted by Crippen LogP contribution is -2.40. The van der Waals surface area contributed by atoms with E-state index in [1.807, 2.05) is 0 Å². The first-order valence-electron chi connectivity index (χ1n) is 8.80. The molecule has 0 radical (unpaired) electrons. The van der Waals surface area contributed by atoms with E-state index in [9.17, 15) is 41.0 Å². The lowest BCUT2D eigenvalue weighted by molar-refractivity contribution is 0.260. The van der Waals surface area contributed by atoms with Crippen LogP contribution in [0.3, 0.4) is 0 Å². The molecule has 1 heterocycles. The van der Waals surface area contributed by atoms with Gasteiger partial charge in [-0.05, 0) is 35.4 Å². The van der Waals surface area contributed by atoms with Gasteiger partial charge in [0.2, 0.25) is 5.88 Å². The van der Waals surface area contributed by atoms with Crippen molar-refractivity contribution < 1.29 is 31.4 Å². The fourth-order valence-electron chi connectivity index (χ4n) is 2.89. The minimum absolute atomic E-state index is 0.337. The molecule has 0 fully saturated rings. The molecule has 11 heteroatoms. The van der Waals surface area contributed by atoms with Crippen LogP contribution in [0.1, 0.15) is 23.5 Å². The van der Waals surface area contributed by atoms with Gasteiger partial charge in [0, 0.05) is 0 Å². The Bertz CT molecular complexity index is 1240. The number of aromatic nitrogens is 2. The first-order chi connectivity index (χ1) is 14.6. The SMILES string of the molecule is O=c1cc(O)n(C[C@H](F)c2ccc(F)c(F)c2)c(=O)n1C[C@H](F)c1ccc(F)c(F)c1. The molecule has 2 aromatic carbocycles. The first-order valence-corrected chi connectivity index (χ1v) is 8.80. The molecule has 0 aliphatic heterocycles. The molecule has 5 nitrogen and oxygen atoms in total. The lowest BCUT2D eigenvalue weighted by atomic mass is 10.1. The fraction of sp³-hybridized carbons (Fsp3) is 0.200. The minimum atomic E-state index is -2.11. The Morgan fingerprint density at radius 1 is 0.710 bits per heavy atom. The van der Waals surface area contributed by atoms with Gasteiger partial charge in [0.25, 0.3) is 5.56 Å². The topological polar surface area (TPSA) is 64.2 Å². The zero-order chi connectivity index (χ0) is 22.9. The summed E-state index contributed by atoms with van der Waals surface area (Å²) < 4.78 is 82.5. The average Bonchev–Trinajstić information content (AvgIpc) is 2.72. The number of rotatable bonds is 6. The molecule has 0 amide bonds. The van der Waals surface area contributed by atoms with Crippen LogP contribution in [0.4, 0.5) is 26.3 Å². The molecule has 0 bridgehead atoms. The molecule has 0 saturated carbocycles. The molecule has 1 N–H and O–H groups in total. The highest BCUT2D eigenvalue weighted by Crippen LogP contribution is 2.23.